The molecule has 3 rings (SSSR count). The highest BCUT2D eigenvalue weighted by molar-refractivity contribution is 5.98. The van der Waals surface area contributed by atoms with E-state index in [9.17, 15) is 14.0 Å². The Hall–Kier alpha value is -2.75. The molecule has 4 atom stereocenters. The summed E-state index contributed by atoms with van der Waals surface area (Å²) in [5, 5.41) is 0. The molecular formula is C25H31FO8. The summed E-state index contributed by atoms with van der Waals surface area (Å²) in [6.45, 7) is 6.52. The molecule has 8 nitrogen and oxygen atoms in total. The van der Waals surface area contributed by atoms with Crippen molar-refractivity contribution in [2.24, 2.45) is 5.92 Å². The molecule has 0 N–H and O–H groups in total. The lowest BCUT2D eigenvalue weighted by atomic mass is 9.99. The van der Waals surface area contributed by atoms with E-state index in [1.807, 2.05) is 0 Å². The van der Waals surface area contributed by atoms with Gasteiger partial charge in [0, 0.05) is 19.1 Å². The van der Waals surface area contributed by atoms with Crippen molar-refractivity contribution >= 4 is 17.8 Å². The van der Waals surface area contributed by atoms with Crippen molar-refractivity contribution in [2.75, 3.05) is 21.0 Å². The smallest absolute Gasteiger partial charge is 0.342 e. The number of carbonyl (C=O) groups excluding carboxylic acids is 2. The Kier molecular flexibility index (Phi) is 8.12. The molecule has 0 amide bonds. The number of halogens is 1. The largest absolute Gasteiger partial charge is 0.497 e. The molecule has 2 aliphatic rings. The van der Waals surface area contributed by atoms with Gasteiger partial charge in [0.2, 0.25) is 5.78 Å². The standard InChI is InChI=1S/C25H31FO8/c1-14-10-18(26)22(27)23-19(33-25(3,4)34-23)9-7-8-16-11-17(30-6)12-20(31-13-29-5)21(16)24(28)32-15(14)2/h7-8,10-12,14-15,19,23H,9,13H2,1-6H3/b8-7+,18-10+/t14-,15+,19?,23+/m1/s1. The Morgan fingerprint density at radius 1 is 1.15 bits per heavy atom. The van der Waals surface area contributed by atoms with Crippen LogP contribution in [0.3, 0.4) is 0 Å². The van der Waals surface area contributed by atoms with Gasteiger partial charge in [-0.3, -0.25) is 4.79 Å². The lowest BCUT2D eigenvalue weighted by Crippen LogP contribution is -2.32. The van der Waals surface area contributed by atoms with Gasteiger partial charge in [-0.25, -0.2) is 9.18 Å². The fourth-order valence-electron chi connectivity index (χ4n) is 3.79. The van der Waals surface area contributed by atoms with Gasteiger partial charge < -0.3 is 28.4 Å². The van der Waals surface area contributed by atoms with Crippen molar-refractivity contribution in [3.8, 4) is 11.5 Å². The number of methoxy groups -OCH3 is 2. The Bertz CT molecular complexity index is 983. The second kappa shape index (κ2) is 10.7. The first-order valence-corrected chi connectivity index (χ1v) is 11.0. The summed E-state index contributed by atoms with van der Waals surface area (Å²) in [5.41, 5.74) is 0.654. The molecule has 0 aliphatic carbocycles. The van der Waals surface area contributed by atoms with Crippen LogP contribution in [-0.2, 0) is 23.7 Å². The number of hydrogen-bond donors (Lipinski definition) is 0. The number of carbonyl (C=O) groups is 2. The fourth-order valence-corrected chi connectivity index (χ4v) is 3.79. The lowest BCUT2D eigenvalue weighted by molar-refractivity contribution is -0.153. The molecule has 2 heterocycles. The maximum absolute atomic E-state index is 14.9. The maximum Gasteiger partial charge on any atom is 0.342 e. The van der Waals surface area contributed by atoms with Crippen LogP contribution in [0.15, 0.2) is 30.1 Å². The van der Waals surface area contributed by atoms with E-state index in [1.54, 1.807) is 52.0 Å². The van der Waals surface area contributed by atoms with Crippen LogP contribution in [-0.4, -0.2) is 56.9 Å². The number of fused-ring (bicyclic) bond motifs is 2. The molecule has 2 aliphatic heterocycles. The topological polar surface area (TPSA) is 89.5 Å². The normalized spacial score (nSPS) is 29.7. The minimum Gasteiger partial charge on any atom is -0.497 e. The van der Waals surface area contributed by atoms with Crippen LogP contribution < -0.4 is 9.47 Å². The zero-order valence-corrected chi connectivity index (χ0v) is 20.3. The lowest BCUT2D eigenvalue weighted by Gasteiger charge is -2.21. The zero-order valence-electron chi connectivity index (χ0n) is 20.3. The van der Waals surface area contributed by atoms with Crippen molar-refractivity contribution in [3.05, 3.63) is 41.2 Å². The summed E-state index contributed by atoms with van der Waals surface area (Å²) in [6, 6.07) is 3.24. The third-order valence-electron chi connectivity index (χ3n) is 5.66. The van der Waals surface area contributed by atoms with E-state index in [2.05, 4.69) is 0 Å². The number of esters is 1. The van der Waals surface area contributed by atoms with Crippen LogP contribution in [0.5, 0.6) is 11.5 Å². The van der Waals surface area contributed by atoms with Gasteiger partial charge in [-0.2, -0.15) is 0 Å². The Morgan fingerprint density at radius 3 is 2.56 bits per heavy atom. The van der Waals surface area contributed by atoms with Gasteiger partial charge in [-0.1, -0.05) is 19.1 Å². The number of hydrogen-bond acceptors (Lipinski definition) is 8. The SMILES string of the molecule is COCOc1cc(OC)cc2c1C(=O)O[C@@H](C)[C@H](C)/C=C(/F)C(=O)[C@H]1OC(C)(C)OC1C/C=C/2. The highest BCUT2D eigenvalue weighted by atomic mass is 19.1. The minimum absolute atomic E-state index is 0.0946. The molecule has 1 fully saturated rings. The van der Waals surface area contributed by atoms with E-state index in [0.29, 0.717) is 11.3 Å². The summed E-state index contributed by atoms with van der Waals surface area (Å²) < 4.78 is 48.0. The van der Waals surface area contributed by atoms with Crippen LogP contribution in [0.1, 0.15) is 50.0 Å². The van der Waals surface area contributed by atoms with Crippen molar-refractivity contribution in [1.29, 1.82) is 0 Å². The van der Waals surface area contributed by atoms with E-state index >= 15 is 0 Å². The minimum atomic E-state index is -1.10. The first-order chi connectivity index (χ1) is 16.1. The maximum atomic E-state index is 14.9. The van der Waals surface area contributed by atoms with Crippen molar-refractivity contribution in [1.82, 2.24) is 0 Å². The summed E-state index contributed by atoms with van der Waals surface area (Å²) in [7, 11) is 2.96. The highest BCUT2D eigenvalue weighted by Crippen LogP contribution is 2.35. The van der Waals surface area contributed by atoms with E-state index in [0.717, 1.165) is 6.08 Å². The quantitative estimate of drug-likeness (QED) is 0.470. The Labute approximate surface area is 198 Å². The molecule has 0 bridgehead atoms. The monoisotopic (exact) mass is 478 g/mol. The number of ketones is 1. The molecule has 0 aromatic heterocycles. The van der Waals surface area contributed by atoms with Gasteiger partial charge in [-0.15, -0.1) is 0 Å². The second-order valence-corrected chi connectivity index (χ2v) is 8.72. The molecule has 0 spiro atoms. The number of rotatable bonds is 4. The molecule has 34 heavy (non-hydrogen) atoms. The number of Topliss-reactive ketones (excluding diaryl/α,β-unsaturated/α-hetero) is 1. The molecule has 9 heteroatoms. The van der Waals surface area contributed by atoms with Gasteiger partial charge in [0.25, 0.3) is 0 Å². The summed E-state index contributed by atoms with van der Waals surface area (Å²) in [4.78, 5) is 26.0. The van der Waals surface area contributed by atoms with Crippen LogP contribution in [0.4, 0.5) is 4.39 Å². The van der Waals surface area contributed by atoms with E-state index < -0.39 is 47.6 Å². The number of benzene rings is 1. The third kappa shape index (κ3) is 5.84. The van der Waals surface area contributed by atoms with Crippen molar-refractivity contribution in [3.63, 3.8) is 0 Å². The van der Waals surface area contributed by atoms with E-state index in [4.69, 9.17) is 28.4 Å². The van der Waals surface area contributed by atoms with Crippen molar-refractivity contribution < 1.29 is 42.4 Å². The molecule has 0 radical (unpaired) electrons. The first kappa shape index (κ1) is 25.9. The second-order valence-electron chi connectivity index (χ2n) is 8.72. The average molecular weight is 479 g/mol. The highest BCUT2D eigenvalue weighted by Gasteiger charge is 2.45. The predicted octanol–water partition coefficient (Wildman–Crippen LogP) is 4.22. The van der Waals surface area contributed by atoms with Crippen LogP contribution >= 0.6 is 0 Å². The van der Waals surface area contributed by atoms with E-state index in [1.165, 1.54) is 14.2 Å². The molecule has 1 aromatic carbocycles. The third-order valence-corrected chi connectivity index (χ3v) is 5.66. The van der Waals surface area contributed by atoms with Gasteiger partial charge >= 0.3 is 5.97 Å². The van der Waals surface area contributed by atoms with E-state index in [-0.39, 0.29) is 24.5 Å². The van der Waals surface area contributed by atoms with Gasteiger partial charge in [0.1, 0.15) is 23.2 Å². The van der Waals surface area contributed by atoms with Crippen molar-refractivity contribution in [2.45, 2.75) is 58.2 Å². The van der Waals surface area contributed by atoms with Crippen LogP contribution in [0, 0.1) is 5.92 Å². The van der Waals surface area contributed by atoms with Gasteiger partial charge in [-0.05, 0) is 44.9 Å². The molecule has 1 aromatic rings. The Morgan fingerprint density at radius 2 is 1.88 bits per heavy atom. The summed E-state index contributed by atoms with van der Waals surface area (Å²) in [6.07, 6.45) is 2.23. The molecular weight excluding hydrogens is 447 g/mol. The van der Waals surface area contributed by atoms with Gasteiger partial charge in [0.05, 0.1) is 13.2 Å². The number of cyclic esters (lactones) is 1. The molecule has 0 saturated carbocycles. The van der Waals surface area contributed by atoms with Gasteiger partial charge in [0.15, 0.2) is 24.5 Å². The predicted molar refractivity (Wildman–Crippen MR) is 121 cm³/mol. The summed E-state index contributed by atoms with van der Waals surface area (Å²) >= 11 is 0. The average Bonchev–Trinajstić information content (AvgIpc) is 3.09. The number of ether oxygens (including phenoxy) is 6. The molecule has 1 unspecified atom stereocenters. The zero-order chi connectivity index (χ0) is 25.0. The molecule has 186 valence electrons. The summed E-state index contributed by atoms with van der Waals surface area (Å²) in [5.74, 6) is -3.38. The molecule has 1 saturated heterocycles. The first-order valence-electron chi connectivity index (χ1n) is 11.0. The Balaban J connectivity index is 2.10. The van der Waals surface area contributed by atoms with Crippen LogP contribution in [0.25, 0.3) is 6.08 Å². The van der Waals surface area contributed by atoms with Crippen LogP contribution in [0.2, 0.25) is 0 Å². The fraction of sp³-hybridized carbons (Fsp3) is 0.520.